The number of fused-ring (bicyclic) bond motifs is 1. The molecule has 0 saturated carbocycles. The lowest BCUT2D eigenvalue weighted by Gasteiger charge is -2.24. The molecule has 1 N–H and O–H groups in total. The Labute approximate surface area is 153 Å². The van der Waals surface area contributed by atoms with Gasteiger partial charge in [-0.05, 0) is 49.2 Å². The first kappa shape index (κ1) is 16.6. The fourth-order valence-electron chi connectivity index (χ4n) is 3.46. The number of rotatable bonds is 4. The number of benzene rings is 3. The molecule has 1 heterocycles. The maximum atomic E-state index is 11.1. The summed E-state index contributed by atoms with van der Waals surface area (Å²) >= 11 is 0. The van der Waals surface area contributed by atoms with E-state index in [9.17, 15) is 5.11 Å². The molecule has 4 rings (SSSR count). The van der Waals surface area contributed by atoms with Gasteiger partial charge in [-0.2, -0.15) is 5.10 Å². The monoisotopic (exact) mass is 342 g/mol. The number of aliphatic hydroxyl groups is 1. The Bertz CT molecular complexity index is 1050. The van der Waals surface area contributed by atoms with E-state index >= 15 is 0 Å². The number of aryl methyl sites for hydroxylation is 1. The summed E-state index contributed by atoms with van der Waals surface area (Å²) in [7, 11) is 0. The summed E-state index contributed by atoms with van der Waals surface area (Å²) in [6.45, 7) is 3.94. The molecular formula is C23H22N2O. The van der Waals surface area contributed by atoms with Gasteiger partial charge in [0.2, 0.25) is 0 Å². The second-order valence-electron chi connectivity index (χ2n) is 7.11. The SMILES string of the molecule is Cc1cccc(CC(C)(O)c2ccc3c(cnn3-c3ccccc3)c2)c1. The van der Waals surface area contributed by atoms with Gasteiger partial charge in [0.15, 0.2) is 0 Å². The van der Waals surface area contributed by atoms with E-state index < -0.39 is 5.60 Å². The molecule has 0 saturated heterocycles. The third-order valence-electron chi connectivity index (χ3n) is 4.82. The third-order valence-corrected chi connectivity index (χ3v) is 4.82. The summed E-state index contributed by atoms with van der Waals surface area (Å²) in [6, 6.07) is 24.4. The van der Waals surface area contributed by atoms with Crippen molar-refractivity contribution < 1.29 is 5.11 Å². The number of hydrogen-bond acceptors (Lipinski definition) is 2. The lowest BCUT2D eigenvalue weighted by atomic mass is 9.88. The number of para-hydroxylation sites is 1. The Balaban J connectivity index is 1.69. The van der Waals surface area contributed by atoms with Gasteiger partial charge >= 0.3 is 0 Å². The maximum Gasteiger partial charge on any atom is 0.0908 e. The van der Waals surface area contributed by atoms with E-state index in [1.807, 2.05) is 72.4 Å². The van der Waals surface area contributed by atoms with Crippen LogP contribution in [-0.4, -0.2) is 14.9 Å². The molecule has 1 unspecified atom stereocenters. The van der Waals surface area contributed by atoms with Gasteiger partial charge < -0.3 is 5.11 Å². The molecule has 0 fully saturated rings. The molecule has 0 aliphatic heterocycles. The van der Waals surface area contributed by atoms with E-state index in [1.54, 1.807) is 0 Å². The van der Waals surface area contributed by atoms with Crippen LogP contribution in [0.4, 0.5) is 0 Å². The molecule has 1 atom stereocenters. The Kier molecular flexibility index (Phi) is 4.09. The molecule has 26 heavy (non-hydrogen) atoms. The minimum Gasteiger partial charge on any atom is -0.385 e. The number of hydrogen-bond donors (Lipinski definition) is 1. The summed E-state index contributed by atoms with van der Waals surface area (Å²) < 4.78 is 1.92. The zero-order valence-corrected chi connectivity index (χ0v) is 15.1. The Morgan fingerprint density at radius 1 is 0.962 bits per heavy atom. The van der Waals surface area contributed by atoms with Gasteiger partial charge in [0.05, 0.1) is 23.0 Å². The molecular weight excluding hydrogens is 320 g/mol. The van der Waals surface area contributed by atoms with Crippen LogP contribution in [0.2, 0.25) is 0 Å². The molecule has 0 aliphatic rings. The first-order valence-electron chi connectivity index (χ1n) is 8.84. The van der Waals surface area contributed by atoms with Crippen LogP contribution in [0.5, 0.6) is 0 Å². The first-order chi connectivity index (χ1) is 12.5. The summed E-state index contributed by atoms with van der Waals surface area (Å²) in [4.78, 5) is 0. The van der Waals surface area contributed by atoms with Crippen LogP contribution in [0.1, 0.15) is 23.6 Å². The van der Waals surface area contributed by atoms with Crippen molar-refractivity contribution in [3.05, 3.63) is 95.7 Å². The molecule has 130 valence electrons. The predicted molar refractivity (Wildman–Crippen MR) is 106 cm³/mol. The van der Waals surface area contributed by atoms with E-state index in [0.29, 0.717) is 6.42 Å². The molecule has 1 aromatic heterocycles. The summed E-state index contributed by atoms with van der Waals surface area (Å²) in [6.07, 6.45) is 2.43. The van der Waals surface area contributed by atoms with Crippen molar-refractivity contribution in [3.63, 3.8) is 0 Å². The minimum absolute atomic E-state index is 0.576. The molecule has 0 spiro atoms. The fourth-order valence-corrected chi connectivity index (χ4v) is 3.46. The summed E-state index contributed by atoms with van der Waals surface area (Å²) in [5.74, 6) is 0. The number of nitrogens with zero attached hydrogens (tertiary/aromatic N) is 2. The minimum atomic E-state index is -0.934. The van der Waals surface area contributed by atoms with E-state index in [4.69, 9.17) is 0 Å². The molecule has 0 radical (unpaired) electrons. The van der Waals surface area contributed by atoms with Gasteiger partial charge in [-0.3, -0.25) is 0 Å². The number of aromatic nitrogens is 2. The average Bonchev–Trinajstić information content (AvgIpc) is 3.05. The zero-order valence-electron chi connectivity index (χ0n) is 15.1. The van der Waals surface area contributed by atoms with Crippen molar-refractivity contribution in [1.82, 2.24) is 9.78 Å². The standard InChI is InChI=1S/C23H22N2O/c1-17-7-6-8-18(13-17)15-23(2,26)20-11-12-22-19(14-20)16-24-25(22)21-9-4-3-5-10-21/h3-14,16,26H,15H2,1-2H3. The third kappa shape index (κ3) is 3.14. The summed E-state index contributed by atoms with van der Waals surface area (Å²) in [5.41, 5.74) is 4.37. The highest BCUT2D eigenvalue weighted by Crippen LogP contribution is 2.29. The maximum absolute atomic E-state index is 11.1. The van der Waals surface area contributed by atoms with Crippen molar-refractivity contribution >= 4 is 10.9 Å². The largest absolute Gasteiger partial charge is 0.385 e. The zero-order chi connectivity index (χ0) is 18.1. The smallest absolute Gasteiger partial charge is 0.0908 e. The molecule has 0 bridgehead atoms. The second-order valence-corrected chi connectivity index (χ2v) is 7.11. The van der Waals surface area contributed by atoms with E-state index in [-0.39, 0.29) is 0 Å². The van der Waals surface area contributed by atoms with Crippen molar-refractivity contribution in [1.29, 1.82) is 0 Å². The molecule has 4 aromatic rings. The van der Waals surface area contributed by atoms with Gasteiger partial charge in [-0.1, -0.05) is 54.1 Å². The van der Waals surface area contributed by atoms with Crippen LogP contribution >= 0.6 is 0 Å². The van der Waals surface area contributed by atoms with Gasteiger partial charge in [0.25, 0.3) is 0 Å². The highest BCUT2D eigenvalue weighted by atomic mass is 16.3. The van der Waals surface area contributed by atoms with Crippen LogP contribution in [0.25, 0.3) is 16.6 Å². The Morgan fingerprint density at radius 3 is 2.54 bits per heavy atom. The van der Waals surface area contributed by atoms with E-state index in [1.165, 1.54) is 5.56 Å². The van der Waals surface area contributed by atoms with Crippen LogP contribution in [0.15, 0.2) is 79.0 Å². The fraction of sp³-hybridized carbons (Fsp3) is 0.174. The van der Waals surface area contributed by atoms with Crippen LogP contribution < -0.4 is 0 Å². The Morgan fingerprint density at radius 2 is 1.77 bits per heavy atom. The van der Waals surface area contributed by atoms with Gasteiger partial charge in [-0.25, -0.2) is 4.68 Å². The molecule has 3 nitrogen and oxygen atoms in total. The van der Waals surface area contributed by atoms with Gasteiger partial charge in [0.1, 0.15) is 0 Å². The highest BCUT2D eigenvalue weighted by Gasteiger charge is 2.24. The van der Waals surface area contributed by atoms with Crippen LogP contribution in [-0.2, 0) is 12.0 Å². The Hall–Kier alpha value is -2.91. The van der Waals surface area contributed by atoms with Gasteiger partial charge in [-0.15, -0.1) is 0 Å². The van der Waals surface area contributed by atoms with E-state index in [0.717, 1.165) is 27.7 Å². The molecule has 3 aromatic carbocycles. The topological polar surface area (TPSA) is 38.1 Å². The summed E-state index contributed by atoms with van der Waals surface area (Å²) in [5, 5.41) is 16.6. The van der Waals surface area contributed by atoms with Crippen molar-refractivity contribution in [2.45, 2.75) is 25.9 Å². The normalized spacial score (nSPS) is 13.7. The van der Waals surface area contributed by atoms with Crippen molar-refractivity contribution in [2.24, 2.45) is 0 Å². The second kappa shape index (κ2) is 6.43. The lowest BCUT2D eigenvalue weighted by molar-refractivity contribution is 0.0577. The average molecular weight is 342 g/mol. The quantitative estimate of drug-likeness (QED) is 0.579. The van der Waals surface area contributed by atoms with Crippen LogP contribution in [0.3, 0.4) is 0 Å². The lowest BCUT2D eigenvalue weighted by Crippen LogP contribution is -2.24. The highest BCUT2D eigenvalue weighted by molar-refractivity contribution is 5.81. The van der Waals surface area contributed by atoms with Crippen LogP contribution in [0, 0.1) is 6.92 Å². The predicted octanol–water partition coefficient (Wildman–Crippen LogP) is 4.78. The van der Waals surface area contributed by atoms with E-state index in [2.05, 4.69) is 30.2 Å². The van der Waals surface area contributed by atoms with Crippen molar-refractivity contribution in [2.75, 3.05) is 0 Å². The molecule has 3 heteroatoms. The molecule has 0 amide bonds. The first-order valence-corrected chi connectivity index (χ1v) is 8.84. The van der Waals surface area contributed by atoms with Crippen molar-refractivity contribution in [3.8, 4) is 5.69 Å². The molecule has 0 aliphatic carbocycles. The van der Waals surface area contributed by atoms with Gasteiger partial charge in [0, 0.05) is 11.8 Å².